The van der Waals surface area contributed by atoms with Crippen LogP contribution in [0.1, 0.15) is 32.6 Å². The fourth-order valence-electron chi connectivity index (χ4n) is 2.91. The van der Waals surface area contributed by atoms with Crippen LogP contribution in [0.25, 0.3) is 0 Å². The topological polar surface area (TPSA) is 79.2 Å². The zero-order valence-electron chi connectivity index (χ0n) is 14.6. The third-order valence-corrected chi connectivity index (χ3v) is 6.17. The van der Waals surface area contributed by atoms with Crippen LogP contribution in [0, 0.1) is 0 Å². The molecular weight excluding hydrogens is 396 g/mol. The molecule has 3 heterocycles. The number of benzene rings is 1. The van der Waals surface area contributed by atoms with Crippen LogP contribution in [0.5, 0.6) is 5.75 Å². The Morgan fingerprint density at radius 2 is 1.86 bits per heavy atom. The number of ether oxygens (including phenoxy) is 1. The van der Waals surface area contributed by atoms with Gasteiger partial charge in [-0.15, -0.1) is 22.7 Å². The number of aromatic hydroxyl groups is 1. The Hall–Kier alpha value is -2.97. The summed E-state index contributed by atoms with van der Waals surface area (Å²) in [7, 11) is 0. The molecule has 6 nitrogen and oxygen atoms in total. The molecule has 0 saturated carbocycles. The SMILES string of the molecule is O=C(OCC(=O)N1N=C(c2cccs2)CC1c1cccs1)c1ccc(O)cc1. The second-order valence-corrected chi connectivity index (χ2v) is 8.05. The van der Waals surface area contributed by atoms with Crippen molar-refractivity contribution in [3.05, 3.63) is 74.6 Å². The molecular formula is C20H16N2O4S2. The quantitative estimate of drug-likeness (QED) is 0.641. The maximum Gasteiger partial charge on any atom is 0.338 e. The van der Waals surface area contributed by atoms with Gasteiger partial charge in [-0.1, -0.05) is 12.1 Å². The summed E-state index contributed by atoms with van der Waals surface area (Å²) < 4.78 is 5.16. The summed E-state index contributed by atoms with van der Waals surface area (Å²) in [6.45, 7) is -0.400. The second-order valence-electron chi connectivity index (χ2n) is 6.12. The van der Waals surface area contributed by atoms with Gasteiger partial charge in [0, 0.05) is 11.3 Å². The Morgan fingerprint density at radius 3 is 2.54 bits per heavy atom. The molecule has 1 amide bonds. The smallest absolute Gasteiger partial charge is 0.338 e. The first kappa shape index (κ1) is 18.4. The predicted octanol–water partition coefficient (Wildman–Crippen LogP) is 4.05. The number of thiophene rings is 2. The Balaban J connectivity index is 1.48. The molecule has 1 atom stereocenters. The minimum Gasteiger partial charge on any atom is -0.508 e. The number of hydrogen-bond acceptors (Lipinski definition) is 7. The van der Waals surface area contributed by atoms with Gasteiger partial charge in [-0.3, -0.25) is 4.79 Å². The van der Waals surface area contributed by atoms with Crippen molar-refractivity contribution in [1.82, 2.24) is 5.01 Å². The van der Waals surface area contributed by atoms with Crippen LogP contribution in [-0.4, -0.2) is 34.3 Å². The van der Waals surface area contributed by atoms with Crippen LogP contribution >= 0.6 is 22.7 Å². The van der Waals surface area contributed by atoms with E-state index in [-0.39, 0.29) is 23.3 Å². The lowest BCUT2D eigenvalue weighted by Crippen LogP contribution is -2.31. The highest BCUT2D eigenvalue weighted by Crippen LogP contribution is 2.35. The first-order valence-electron chi connectivity index (χ1n) is 8.55. The lowest BCUT2D eigenvalue weighted by molar-refractivity contribution is -0.136. The van der Waals surface area contributed by atoms with E-state index in [4.69, 9.17) is 4.74 Å². The van der Waals surface area contributed by atoms with Gasteiger partial charge < -0.3 is 9.84 Å². The summed E-state index contributed by atoms with van der Waals surface area (Å²) in [5.41, 5.74) is 1.12. The fourth-order valence-corrected chi connectivity index (χ4v) is 4.44. The zero-order valence-corrected chi connectivity index (χ0v) is 16.3. The van der Waals surface area contributed by atoms with E-state index in [2.05, 4.69) is 5.10 Å². The summed E-state index contributed by atoms with van der Waals surface area (Å²) in [5.74, 6) is -0.946. The van der Waals surface area contributed by atoms with Crippen LogP contribution in [0.4, 0.5) is 0 Å². The highest BCUT2D eigenvalue weighted by molar-refractivity contribution is 7.12. The van der Waals surface area contributed by atoms with Crippen molar-refractivity contribution in [2.45, 2.75) is 12.5 Å². The number of hydrogen-bond donors (Lipinski definition) is 1. The standard InChI is InChI=1S/C20H16N2O4S2/c23-14-7-5-13(6-8-14)20(25)26-12-19(24)22-16(18-4-2-10-28-18)11-15(21-22)17-3-1-9-27-17/h1-10,16,23H,11-12H2. The maximum atomic E-state index is 12.8. The molecule has 1 N–H and O–H groups in total. The molecule has 0 spiro atoms. The van der Waals surface area contributed by atoms with Gasteiger partial charge in [0.05, 0.1) is 22.2 Å². The van der Waals surface area contributed by atoms with Crippen LogP contribution < -0.4 is 0 Å². The van der Waals surface area contributed by atoms with Crippen LogP contribution in [0.15, 0.2) is 64.4 Å². The minimum absolute atomic E-state index is 0.0546. The molecule has 28 heavy (non-hydrogen) atoms. The largest absolute Gasteiger partial charge is 0.508 e. The van der Waals surface area contributed by atoms with Gasteiger partial charge in [-0.05, 0) is 47.2 Å². The average molecular weight is 412 g/mol. The van der Waals surface area contributed by atoms with Crippen LogP contribution in [0.2, 0.25) is 0 Å². The summed E-state index contributed by atoms with van der Waals surface area (Å²) in [6.07, 6.45) is 0.624. The third-order valence-electron chi connectivity index (χ3n) is 4.27. The van der Waals surface area contributed by atoms with Gasteiger partial charge in [0.15, 0.2) is 6.61 Å². The molecule has 0 fully saturated rings. The van der Waals surface area contributed by atoms with Gasteiger partial charge in [0.1, 0.15) is 5.75 Å². The van der Waals surface area contributed by atoms with E-state index < -0.39 is 12.6 Å². The highest BCUT2D eigenvalue weighted by Gasteiger charge is 2.34. The predicted molar refractivity (Wildman–Crippen MR) is 108 cm³/mol. The molecule has 1 aromatic carbocycles. The van der Waals surface area contributed by atoms with E-state index in [0.29, 0.717) is 6.42 Å². The van der Waals surface area contributed by atoms with Crippen molar-refractivity contribution in [3.8, 4) is 5.75 Å². The fraction of sp³-hybridized carbons (Fsp3) is 0.150. The van der Waals surface area contributed by atoms with Crippen molar-refractivity contribution in [3.63, 3.8) is 0 Å². The molecule has 142 valence electrons. The van der Waals surface area contributed by atoms with Gasteiger partial charge >= 0.3 is 5.97 Å². The number of phenols is 1. The van der Waals surface area contributed by atoms with Crippen LogP contribution in [-0.2, 0) is 9.53 Å². The average Bonchev–Trinajstić information content (AvgIpc) is 3.46. The Kier molecular flexibility index (Phi) is 5.23. The molecule has 4 rings (SSSR count). The molecule has 0 saturated heterocycles. The van der Waals surface area contributed by atoms with Crippen LogP contribution in [0.3, 0.4) is 0 Å². The lowest BCUT2D eigenvalue weighted by Gasteiger charge is -2.20. The van der Waals surface area contributed by atoms with E-state index in [9.17, 15) is 14.7 Å². The molecule has 1 aliphatic rings. The number of amides is 1. The Labute approximate surface area is 169 Å². The minimum atomic E-state index is -0.623. The Bertz CT molecular complexity index is 996. The maximum absolute atomic E-state index is 12.8. The number of rotatable bonds is 5. The molecule has 1 unspecified atom stereocenters. The number of nitrogens with zero attached hydrogens (tertiary/aromatic N) is 2. The second kappa shape index (κ2) is 7.95. The van der Waals surface area contributed by atoms with Gasteiger partial charge in [-0.2, -0.15) is 5.10 Å². The molecule has 8 heteroatoms. The van der Waals surface area contributed by atoms with Crippen molar-refractivity contribution in [2.24, 2.45) is 5.10 Å². The number of esters is 1. The number of phenolic OH excluding ortho intramolecular Hbond substituents is 1. The third kappa shape index (κ3) is 3.83. The Morgan fingerprint density at radius 1 is 1.11 bits per heavy atom. The van der Waals surface area contributed by atoms with E-state index in [0.717, 1.165) is 15.5 Å². The number of carbonyl (C=O) groups is 2. The number of hydrazone groups is 1. The molecule has 3 aromatic rings. The zero-order chi connectivity index (χ0) is 19.5. The van der Waals surface area contributed by atoms with E-state index in [1.54, 1.807) is 22.7 Å². The molecule has 0 bridgehead atoms. The van der Waals surface area contributed by atoms with E-state index >= 15 is 0 Å². The molecule has 0 radical (unpaired) electrons. The molecule has 0 aliphatic carbocycles. The molecule has 2 aromatic heterocycles. The van der Waals surface area contributed by atoms with Gasteiger partial charge in [0.25, 0.3) is 5.91 Å². The molecule has 1 aliphatic heterocycles. The van der Waals surface area contributed by atoms with Gasteiger partial charge in [-0.25, -0.2) is 9.80 Å². The summed E-state index contributed by atoms with van der Waals surface area (Å²) in [6, 6.07) is 13.3. The van der Waals surface area contributed by atoms with Crippen molar-refractivity contribution in [2.75, 3.05) is 6.61 Å². The normalized spacial score (nSPS) is 16.1. The summed E-state index contributed by atoms with van der Waals surface area (Å²) in [4.78, 5) is 27.0. The van der Waals surface area contributed by atoms with E-state index in [1.165, 1.54) is 29.3 Å². The van der Waals surface area contributed by atoms with Gasteiger partial charge in [0.2, 0.25) is 0 Å². The monoisotopic (exact) mass is 412 g/mol. The first-order valence-corrected chi connectivity index (χ1v) is 10.3. The van der Waals surface area contributed by atoms with E-state index in [1.807, 2.05) is 35.0 Å². The first-order chi connectivity index (χ1) is 13.6. The van der Waals surface area contributed by atoms with Crippen molar-refractivity contribution < 1.29 is 19.4 Å². The summed E-state index contributed by atoms with van der Waals surface area (Å²) in [5, 5.41) is 19.2. The highest BCUT2D eigenvalue weighted by atomic mass is 32.1. The number of carbonyl (C=O) groups excluding carboxylic acids is 2. The van der Waals surface area contributed by atoms with Crippen molar-refractivity contribution in [1.29, 1.82) is 0 Å². The lowest BCUT2D eigenvalue weighted by atomic mass is 10.1. The summed E-state index contributed by atoms with van der Waals surface area (Å²) >= 11 is 3.15. The van der Waals surface area contributed by atoms with Crippen molar-refractivity contribution >= 4 is 40.3 Å².